The number of nitrogens with one attached hydrogen (secondary N) is 1. The molecule has 0 bridgehead atoms. The SMILES string of the molecule is Cc1nc(C(C)NC(=O)Cc2ccc(C(C)(C)C)cc2)c(C)s1. The maximum Gasteiger partial charge on any atom is 0.224 e. The molecule has 1 heterocycles. The maximum atomic E-state index is 12.3. The molecule has 1 N–H and O–H groups in total. The van der Waals surface area contributed by atoms with Crippen molar-refractivity contribution in [2.24, 2.45) is 0 Å². The zero-order chi connectivity index (χ0) is 17.2. The van der Waals surface area contributed by atoms with Gasteiger partial charge >= 0.3 is 0 Å². The van der Waals surface area contributed by atoms with E-state index in [1.165, 1.54) is 10.4 Å². The molecule has 0 spiro atoms. The predicted molar refractivity (Wildman–Crippen MR) is 97.0 cm³/mol. The fourth-order valence-corrected chi connectivity index (χ4v) is 3.53. The van der Waals surface area contributed by atoms with Gasteiger partial charge in [0.2, 0.25) is 5.91 Å². The first kappa shape index (κ1) is 17.7. The molecule has 2 aromatic rings. The van der Waals surface area contributed by atoms with E-state index in [0.717, 1.165) is 16.3 Å². The molecule has 1 aromatic heterocycles. The highest BCUT2D eigenvalue weighted by Crippen LogP contribution is 2.23. The Morgan fingerprint density at radius 1 is 1.22 bits per heavy atom. The van der Waals surface area contributed by atoms with Gasteiger partial charge in [0.05, 0.1) is 23.2 Å². The lowest BCUT2D eigenvalue weighted by Crippen LogP contribution is -2.28. The van der Waals surface area contributed by atoms with Crippen LogP contribution in [-0.4, -0.2) is 10.9 Å². The fraction of sp³-hybridized carbons (Fsp3) is 0.474. The van der Waals surface area contributed by atoms with Crippen LogP contribution in [0.3, 0.4) is 0 Å². The normalized spacial score (nSPS) is 13.0. The zero-order valence-corrected chi connectivity index (χ0v) is 15.7. The summed E-state index contributed by atoms with van der Waals surface area (Å²) in [5.41, 5.74) is 3.43. The number of hydrogen-bond donors (Lipinski definition) is 1. The Kier molecular flexibility index (Phi) is 5.25. The molecule has 0 aliphatic rings. The van der Waals surface area contributed by atoms with E-state index in [1.807, 2.05) is 32.9 Å². The van der Waals surface area contributed by atoms with Gasteiger partial charge in [-0.05, 0) is 37.3 Å². The van der Waals surface area contributed by atoms with Crippen LogP contribution in [0.2, 0.25) is 0 Å². The summed E-state index contributed by atoms with van der Waals surface area (Å²) in [4.78, 5) is 17.9. The Morgan fingerprint density at radius 3 is 2.30 bits per heavy atom. The van der Waals surface area contributed by atoms with Crippen LogP contribution >= 0.6 is 11.3 Å². The van der Waals surface area contributed by atoms with Gasteiger partial charge in [-0.3, -0.25) is 4.79 Å². The van der Waals surface area contributed by atoms with Crippen LogP contribution < -0.4 is 5.32 Å². The van der Waals surface area contributed by atoms with Crippen molar-refractivity contribution in [1.82, 2.24) is 10.3 Å². The van der Waals surface area contributed by atoms with E-state index in [1.54, 1.807) is 11.3 Å². The highest BCUT2D eigenvalue weighted by Gasteiger charge is 2.16. The second-order valence-corrected chi connectivity index (χ2v) is 8.49. The molecule has 0 aliphatic carbocycles. The number of hydrogen-bond acceptors (Lipinski definition) is 3. The summed E-state index contributed by atoms with van der Waals surface area (Å²) in [5.74, 6) is 0.0334. The number of aryl methyl sites for hydroxylation is 2. The third-order valence-corrected chi connectivity index (χ3v) is 4.81. The van der Waals surface area contributed by atoms with Crippen molar-refractivity contribution in [1.29, 1.82) is 0 Å². The molecule has 2 rings (SSSR count). The second-order valence-electron chi connectivity index (χ2n) is 7.09. The first-order chi connectivity index (χ1) is 10.7. The molecule has 0 radical (unpaired) electrons. The molecule has 1 amide bonds. The quantitative estimate of drug-likeness (QED) is 0.898. The van der Waals surface area contributed by atoms with E-state index in [0.29, 0.717) is 6.42 Å². The van der Waals surface area contributed by atoms with E-state index in [2.05, 4.69) is 43.2 Å². The van der Waals surface area contributed by atoms with Crippen molar-refractivity contribution in [3.05, 3.63) is 51.0 Å². The highest BCUT2D eigenvalue weighted by atomic mass is 32.1. The molecule has 1 unspecified atom stereocenters. The van der Waals surface area contributed by atoms with Crippen LogP contribution in [0.1, 0.15) is 60.4 Å². The number of carbonyl (C=O) groups excluding carboxylic acids is 1. The average molecular weight is 330 g/mol. The summed E-state index contributed by atoms with van der Waals surface area (Å²) in [5, 5.41) is 4.09. The lowest BCUT2D eigenvalue weighted by atomic mass is 9.86. The Hall–Kier alpha value is -1.68. The summed E-state index contributed by atoms with van der Waals surface area (Å²) in [7, 11) is 0. The monoisotopic (exact) mass is 330 g/mol. The van der Waals surface area contributed by atoms with Crippen LogP contribution in [0, 0.1) is 13.8 Å². The Morgan fingerprint density at radius 2 is 1.83 bits per heavy atom. The van der Waals surface area contributed by atoms with Crippen LogP contribution in [0.5, 0.6) is 0 Å². The van der Waals surface area contributed by atoms with Crippen LogP contribution in [0.4, 0.5) is 0 Å². The van der Waals surface area contributed by atoms with Crippen molar-refractivity contribution in [2.75, 3.05) is 0 Å². The number of carbonyl (C=O) groups is 1. The van der Waals surface area contributed by atoms with E-state index >= 15 is 0 Å². The number of amides is 1. The molecule has 0 fully saturated rings. The minimum atomic E-state index is -0.0544. The average Bonchev–Trinajstić information content (AvgIpc) is 2.77. The largest absolute Gasteiger partial charge is 0.348 e. The molecule has 124 valence electrons. The van der Waals surface area contributed by atoms with Gasteiger partial charge in [0.1, 0.15) is 0 Å². The number of nitrogens with zero attached hydrogens (tertiary/aromatic N) is 1. The molecule has 0 saturated heterocycles. The van der Waals surface area contributed by atoms with Crippen molar-refractivity contribution in [3.8, 4) is 0 Å². The van der Waals surface area contributed by atoms with E-state index in [9.17, 15) is 4.79 Å². The fourth-order valence-electron chi connectivity index (χ4n) is 2.62. The van der Waals surface area contributed by atoms with Crippen LogP contribution in [-0.2, 0) is 16.6 Å². The van der Waals surface area contributed by atoms with Crippen LogP contribution in [0.25, 0.3) is 0 Å². The van der Waals surface area contributed by atoms with Gasteiger partial charge in [0.15, 0.2) is 0 Å². The lowest BCUT2D eigenvalue weighted by molar-refractivity contribution is -0.121. The van der Waals surface area contributed by atoms with E-state index in [4.69, 9.17) is 0 Å². The predicted octanol–water partition coefficient (Wildman–Crippen LogP) is 4.48. The summed E-state index contributed by atoms with van der Waals surface area (Å²) < 4.78 is 0. The van der Waals surface area contributed by atoms with Gasteiger partial charge in [-0.2, -0.15) is 0 Å². The molecular formula is C19H26N2OS. The maximum absolute atomic E-state index is 12.3. The number of rotatable bonds is 4. The summed E-state index contributed by atoms with van der Waals surface area (Å²) in [6.45, 7) is 12.6. The minimum absolute atomic E-state index is 0.0334. The Balaban J connectivity index is 1.98. The minimum Gasteiger partial charge on any atom is -0.348 e. The van der Waals surface area contributed by atoms with Gasteiger partial charge in [-0.25, -0.2) is 4.98 Å². The number of aromatic nitrogens is 1. The smallest absolute Gasteiger partial charge is 0.224 e. The zero-order valence-electron chi connectivity index (χ0n) is 14.9. The summed E-state index contributed by atoms with van der Waals surface area (Å²) in [6, 6.07) is 8.26. The standard InChI is InChI=1S/C19H26N2OS/c1-12(18-13(2)23-14(3)21-18)20-17(22)11-15-7-9-16(10-8-15)19(4,5)6/h7-10,12H,11H2,1-6H3,(H,20,22). The van der Waals surface area contributed by atoms with Crippen molar-refractivity contribution < 1.29 is 4.79 Å². The molecule has 0 saturated carbocycles. The van der Waals surface area contributed by atoms with E-state index < -0.39 is 0 Å². The highest BCUT2D eigenvalue weighted by molar-refractivity contribution is 7.11. The van der Waals surface area contributed by atoms with Gasteiger partial charge in [-0.15, -0.1) is 11.3 Å². The topological polar surface area (TPSA) is 42.0 Å². The van der Waals surface area contributed by atoms with E-state index in [-0.39, 0.29) is 17.4 Å². The molecular weight excluding hydrogens is 304 g/mol. The molecule has 4 heteroatoms. The Bertz CT molecular complexity index is 680. The first-order valence-electron chi connectivity index (χ1n) is 7.99. The summed E-state index contributed by atoms with van der Waals surface area (Å²) >= 11 is 1.67. The first-order valence-corrected chi connectivity index (χ1v) is 8.81. The molecule has 23 heavy (non-hydrogen) atoms. The molecule has 1 atom stereocenters. The second kappa shape index (κ2) is 6.83. The lowest BCUT2D eigenvalue weighted by Gasteiger charge is -2.19. The molecule has 0 aliphatic heterocycles. The number of thiazole rings is 1. The van der Waals surface area contributed by atoms with Crippen LogP contribution in [0.15, 0.2) is 24.3 Å². The molecule has 1 aromatic carbocycles. The Labute approximate surface area is 143 Å². The number of benzene rings is 1. The van der Waals surface area contributed by atoms with Crippen molar-refractivity contribution >= 4 is 17.2 Å². The summed E-state index contributed by atoms with van der Waals surface area (Å²) in [6.07, 6.45) is 0.400. The van der Waals surface area contributed by atoms with Gasteiger partial charge in [0, 0.05) is 4.88 Å². The third-order valence-electron chi connectivity index (χ3n) is 3.91. The van der Waals surface area contributed by atoms with Crippen molar-refractivity contribution in [3.63, 3.8) is 0 Å². The van der Waals surface area contributed by atoms with Gasteiger partial charge in [0.25, 0.3) is 0 Å². The van der Waals surface area contributed by atoms with Gasteiger partial charge in [-0.1, -0.05) is 45.0 Å². The van der Waals surface area contributed by atoms with Crippen molar-refractivity contribution in [2.45, 2.75) is 59.4 Å². The van der Waals surface area contributed by atoms with Gasteiger partial charge < -0.3 is 5.32 Å². The third kappa shape index (κ3) is 4.64. The molecule has 3 nitrogen and oxygen atoms in total.